The van der Waals surface area contributed by atoms with Gasteiger partial charge in [-0.25, -0.2) is 4.79 Å². The smallest absolute Gasteiger partial charge is 0.318 e. The lowest BCUT2D eigenvalue weighted by atomic mass is 9.73. The summed E-state index contributed by atoms with van der Waals surface area (Å²) >= 11 is 6.04. The molecule has 0 bridgehead atoms. The molecule has 0 spiro atoms. The first-order valence-electron chi connectivity index (χ1n) is 9.09. The van der Waals surface area contributed by atoms with E-state index in [2.05, 4.69) is 10.2 Å². The van der Waals surface area contributed by atoms with Crippen LogP contribution in [0.15, 0.2) is 24.3 Å². The molecule has 1 aromatic rings. The predicted molar refractivity (Wildman–Crippen MR) is 93.8 cm³/mol. The molecule has 4 atom stereocenters. The van der Waals surface area contributed by atoms with Gasteiger partial charge in [-0.15, -0.1) is 0 Å². The van der Waals surface area contributed by atoms with Crippen LogP contribution in [-0.4, -0.2) is 23.0 Å². The van der Waals surface area contributed by atoms with Gasteiger partial charge < -0.3 is 10.2 Å². The first-order valence-corrected chi connectivity index (χ1v) is 9.47. The van der Waals surface area contributed by atoms with E-state index in [0.717, 1.165) is 17.5 Å². The predicted octanol–water partition coefficient (Wildman–Crippen LogP) is 5.31. The second kappa shape index (κ2) is 6.35. The third kappa shape index (κ3) is 2.84. The highest BCUT2D eigenvalue weighted by Crippen LogP contribution is 2.49. The monoisotopic (exact) mass is 332 g/mol. The van der Waals surface area contributed by atoms with Crippen molar-refractivity contribution in [2.45, 2.75) is 63.5 Å². The minimum absolute atomic E-state index is 0.0820. The number of fused-ring (bicyclic) bond motifs is 3. The van der Waals surface area contributed by atoms with Crippen molar-refractivity contribution in [2.75, 3.05) is 5.32 Å². The largest absolute Gasteiger partial charge is 0.322 e. The summed E-state index contributed by atoms with van der Waals surface area (Å²) in [5.41, 5.74) is 0.800. The van der Waals surface area contributed by atoms with Crippen LogP contribution in [0.1, 0.15) is 51.4 Å². The number of anilines is 1. The van der Waals surface area contributed by atoms with Crippen molar-refractivity contribution >= 4 is 23.3 Å². The Labute approximate surface area is 143 Å². The van der Waals surface area contributed by atoms with Crippen molar-refractivity contribution in [2.24, 2.45) is 11.8 Å². The van der Waals surface area contributed by atoms with Gasteiger partial charge in [0.2, 0.25) is 0 Å². The van der Waals surface area contributed by atoms with Crippen LogP contribution in [0.5, 0.6) is 0 Å². The standard InChI is InChI=1S/C19H25ClN2O/c20-13-6-5-7-14(12-13)21-19(23)22-17-10-3-1-8-15(17)16-9-2-4-11-18(16)22/h5-7,12,15-18H,1-4,8-11H2,(H,21,23). The molecule has 3 fully saturated rings. The van der Waals surface area contributed by atoms with E-state index < -0.39 is 0 Å². The fourth-order valence-corrected chi connectivity index (χ4v) is 5.46. The van der Waals surface area contributed by atoms with Crippen LogP contribution in [0, 0.1) is 11.8 Å². The normalized spacial score (nSPS) is 33.0. The molecule has 1 heterocycles. The van der Waals surface area contributed by atoms with Crippen molar-refractivity contribution in [3.05, 3.63) is 29.3 Å². The second-order valence-electron chi connectivity index (χ2n) is 7.38. The Hall–Kier alpha value is -1.22. The molecule has 2 aliphatic carbocycles. The van der Waals surface area contributed by atoms with Gasteiger partial charge in [0.1, 0.15) is 0 Å². The van der Waals surface area contributed by atoms with E-state index in [4.69, 9.17) is 11.6 Å². The Bertz CT molecular complexity index is 568. The topological polar surface area (TPSA) is 32.3 Å². The molecule has 3 nitrogen and oxygen atoms in total. The molecule has 4 unspecified atom stereocenters. The highest BCUT2D eigenvalue weighted by atomic mass is 35.5. The van der Waals surface area contributed by atoms with E-state index in [-0.39, 0.29) is 6.03 Å². The van der Waals surface area contributed by atoms with Gasteiger partial charge in [0.05, 0.1) is 0 Å². The maximum atomic E-state index is 13.0. The number of benzene rings is 1. The molecule has 1 saturated heterocycles. The molecule has 0 aromatic heterocycles. The van der Waals surface area contributed by atoms with Crippen LogP contribution in [0.25, 0.3) is 0 Å². The summed E-state index contributed by atoms with van der Waals surface area (Å²) in [6, 6.07) is 8.45. The number of rotatable bonds is 1. The number of likely N-dealkylation sites (tertiary alicyclic amines) is 1. The van der Waals surface area contributed by atoms with Gasteiger partial charge in [-0.2, -0.15) is 0 Å². The molecule has 0 radical (unpaired) electrons. The summed E-state index contributed by atoms with van der Waals surface area (Å²) in [5, 5.41) is 3.76. The molecule has 2 amide bonds. The summed E-state index contributed by atoms with van der Waals surface area (Å²) in [5.74, 6) is 1.47. The molecule has 4 heteroatoms. The minimum Gasteiger partial charge on any atom is -0.318 e. The number of hydrogen-bond donors (Lipinski definition) is 1. The summed E-state index contributed by atoms with van der Waals surface area (Å²) in [4.78, 5) is 15.2. The minimum atomic E-state index is 0.0820. The van der Waals surface area contributed by atoms with Gasteiger partial charge in [-0.1, -0.05) is 43.4 Å². The third-order valence-electron chi connectivity index (χ3n) is 6.14. The molecule has 23 heavy (non-hydrogen) atoms. The van der Waals surface area contributed by atoms with Crippen LogP contribution in [-0.2, 0) is 0 Å². The van der Waals surface area contributed by atoms with E-state index in [1.165, 1.54) is 51.4 Å². The van der Waals surface area contributed by atoms with Crippen molar-refractivity contribution in [1.82, 2.24) is 4.90 Å². The first kappa shape index (κ1) is 15.3. The zero-order valence-electron chi connectivity index (χ0n) is 13.5. The Morgan fingerprint density at radius 3 is 2.22 bits per heavy atom. The van der Waals surface area contributed by atoms with Crippen molar-refractivity contribution in [1.29, 1.82) is 0 Å². The van der Waals surface area contributed by atoms with Crippen LogP contribution >= 0.6 is 11.6 Å². The average Bonchev–Trinajstić information content (AvgIpc) is 2.89. The molecular formula is C19H25ClN2O. The Balaban J connectivity index is 1.56. The number of hydrogen-bond acceptors (Lipinski definition) is 1. The summed E-state index contributed by atoms with van der Waals surface area (Å²) in [6.07, 6.45) is 10.2. The average molecular weight is 333 g/mol. The SMILES string of the molecule is O=C(Nc1cccc(Cl)c1)N1C2CCCCC2C2CCCCC21. The number of carbonyl (C=O) groups is 1. The van der Waals surface area contributed by atoms with Crippen molar-refractivity contribution in [3.8, 4) is 0 Å². The van der Waals surface area contributed by atoms with E-state index >= 15 is 0 Å². The maximum Gasteiger partial charge on any atom is 0.322 e. The molecular weight excluding hydrogens is 308 g/mol. The summed E-state index contributed by atoms with van der Waals surface area (Å²) in [6.45, 7) is 0. The van der Waals surface area contributed by atoms with E-state index in [1.54, 1.807) is 0 Å². The Kier molecular flexibility index (Phi) is 4.23. The zero-order valence-corrected chi connectivity index (χ0v) is 14.3. The highest BCUT2D eigenvalue weighted by Gasteiger charge is 2.51. The van der Waals surface area contributed by atoms with E-state index in [9.17, 15) is 4.79 Å². The van der Waals surface area contributed by atoms with Crippen LogP contribution in [0.2, 0.25) is 5.02 Å². The lowest BCUT2D eigenvalue weighted by Gasteiger charge is -2.34. The highest BCUT2D eigenvalue weighted by molar-refractivity contribution is 6.30. The number of amides is 2. The van der Waals surface area contributed by atoms with E-state index in [1.807, 2.05) is 24.3 Å². The number of carbonyl (C=O) groups excluding carboxylic acids is 1. The molecule has 2 saturated carbocycles. The van der Waals surface area contributed by atoms with Gasteiger partial charge in [-0.3, -0.25) is 0 Å². The van der Waals surface area contributed by atoms with Crippen molar-refractivity contribution in [3.63, 3.8) is 0 Å². The van der Waals surface area contributed by atoms with Gasteiger partial charge >= 0.3 is 6.03 Å². The lowest BCUT2D eigenvalue weighted by molar-refractivity contribution is 0.157. The van der Waals surface area contributed by atoms with Crippen LogP contribution in [0.4, 0.5) is 10.5 Å². The molecule has 1 aliphatic heterocycles. The van der Waals surface area contributed by atoms with Crippen molar-refractivity contribution < 1.29 is 4.79 Å². The van der Waals surface area contributed by atoms with Crippen LogP contribution in [0.3, 0.4) is 0 Å². The molecule has 3 aliphatic rings. The van der Waals surface area contributed by atoms with Gasteiger partial charge in [0, 0.05) is 22.8 Å². The third-order valence-corrected chi connectivity index (χ3v) is 6.37. The maximum absolute atomic E-state index is 13.0. The Morgan fingerprint density at radius 2 is 1.61 bits per heavy atom. The molecule has 4 rings (SSSR count). The fourth-order valence-electron chi connectivity index (χ4n) is 5.27. The van der Waals surface area contributed by atoms with Gasteiger partial charge in [0.25, 0.3) is 0 Å². The van der Waals surface area contributed by atoms with Gasteiger partial charge in [0.15, 0.2) is 0 Å². The number of nitrogens with zero attached hydrogens (tertiary/aromatic N) is 1. The Morgan fingerprint density at radius 1 is 1.00 bits per heavy atom. The summed E-state index contributed by atoms with van der Waals surface area (Å²) < 4.78 is 0. The number of halogens is 1. The first-order chi connectivity index (χ1) is 11.2. The second-order valence-corrected chi connectivity index (χ2v) is 7.82. The fraction of sp³-hybridized carbons (Fsp3) is 0.632. The molecule has 124 valence electrons. The quantitative estimate of drug-likeness (QED) is 0.743. The van der Waals surface area contributed by atoms with E-state index in [0.29, 0.717) is 17.1 Å². The number of nitrogens with one attached hydrogen (secondary N) is 1. The van der Waals surface area contributed by atoms with Crippen LogP contribution < -0.4 is 5.32 Å². The lowest BCUT2D eigenvalue weighted by Crippen LogP contribution is -2.46. The summed E-state index contributed by atoms with van der Waals surface area (Å²) in [7, 11) is 0. The van der Waals surface area contributed by atoms with Gasteiger partial charge in [-0.05, 0) is 55.7 Å². The number of urea groups is 1. The molecule has 1 aromatic carbocycles. The molecule has 1 N–H and O–H groups in total. The zero-order chi connectivity index (χ0) is 15.8.